The Balaban J connectivity index is 1.81. The Morgan fingerprint density at radius 3 is 2.83 bits per heavy atom. The Bertz CT molecular complexity index is 380. The summed E-state index contributed by atoms with van der Waals surface area (Å²) in [5, 5.41) is 0. The molecule has 0 aliphatic carbocycles. The second kappa shape index (κ2) is 7.22. The van der Waals surface area contributed by atoms with Gasteiger partial charge in [0.15, 0.2) is 0 Å². The van der Waals surface area contributed by atoms with Crippen molar-refractivity contribution in [3.8, 4) is 5.75 Å². The minimum atomic E-state index is 0.322. The molecule has 0 N–H and O–H groups in total. The second-order valence-corrected chi connectivity index (χ2v) is 4.67. The standard InChI is InChI=1S/C16H22O2/c1-2-3-4-5-6-9-14-10-7-8-11-16(14)18-13-15-12-17-15/h4-5,7-8,10-11,15H,2-3,6,9,12-13H2,1H3/b5-4+. The Labute approximate surface area is 110 Å². The molecule has 1 unspecified atom stereocenters. The first-order valence-electron chi connectivity index (χ1n) is 6.87. The van der Waals surface area contributed by atoms with Gasteiger partial charge >= 0.3 is 0 Å². The van der Waals surface area contributed by atoms with Gasteiger partial charge in [0.05, 0.1) is 6.61 Å². The predicted octanol–water partition coefficient (Wildman–Crippen LogP) is 3.75. The molecule has 2 rings (SSSR count). The van der Waals surface area contributed by atoms with E-state index < -0.39 is 0 Å². The van der Waals surface area contributed by atoms with E-state index in [4.69, 9.17) is 9.47 Å². The van der Waals surface area contributed by atoms with E-state index in [1.54, 1.807) is 0 Å². The molecule has 2 nitrogen and oxygen atoms in total. The molecular weight excluding hydrogens is 224 g/mol. The van der Waals surface area contributed by atoms with Crippen molar-refractivity contribution in [3.05, 3.63) is 42.0 Å². The van der Waals surface area contributed by atoms with E-state index >= 15 is 0 Å². The molecule has 0 amide bonds. The van der Waals surface area contributed by atoms with Crippen molar-refractivity contribution in [3.63, 3.8) is 0 Å². The molecule has 1 saturated heterocycles. The van der Waals surface area contributed by atoms with Crippen molar-refractivity contribution in [1.82, 2.24) is 0 Å². The summed E-state index contributed by atoms with van der Waals surface area (Å²) in [5.41, 5.74) is 1.29. The van der Waals surface area contributed by atoms with Crippen LogP contribution in [0.2, 0.25) is 0 Å². The largest absolute Gasteiger partial charge is 0.491 e. The fourth-order valence-electron chi connectivity index (χ4n) is 1.84. The lowest BCUT2D eigenvalue weighted by atomic mass is 10.1. The number of hydrogen-bond donors (Lipinski definition) is 0. The fraction of sp³-hybridized carbons (Fsp3) is 0.500. The number of benzene rings is 1. The highest BCUT2D eigenvalue weighted by atomic mass is 16.6. The number of allylic oxidation sites excluding steroid dienone is 2. The van der Waals surface area contributed by atoms with Gasteiger partial charge in [0.2, 0.25) is 0 Å². The van der Waals surface area contributed by atoms with E-state index in [-0.39, 0.29) is 0 Å². The van der Waals surface area contributed by atoms with Crippen molar-refractivity contribution in [2.45, 2.75) is 38.7 Å². The number of para-hydroxylation sites is 1. The quantitative estimate of drug-likeness (QED) is 0.514. The minimum absolute atomic E-state index is 0.322. The van der Waals surface area contributed by atoms with Crippen LogP contribution in [0.25, 0.3) is 0 Å². The summed E-state index contributed by atoms with van der Waals surface area (Å²) in [6, 6.07) is 8.30. The van der Waals surface area contributed by atoms with Gasteiger partial charge in [0, 0.05) is 0 Å². The first-order valence-corrected chi connectivity index (χ1v) is 6.87. The zero-order valence-corrected chi connectivity index (χ0v) is 11.1. The number of hydrogen-bond acceptors (Lipinski definition) is 2. The Morgan fingerprint density at radius 2 is 2.06 bits per heavy atom. The molecule has 2 heteroatoms. The average Bonchev–Trinajstić information content (AvgIpc) is 3.21. The number of rotatable bonds is 8. The summed E-state index contributed by atoms with van der Waals surface area (Å²) < 4.78 is 10.9. The number of unbranched alkanes of at least 4 members (excludes halogenated alkanes) is 1. The first kappa shape index (κ1) is 13.2. The molecule has 1 aromatic carbocycles. The van der Waals surface area contributed by atoms with Gasteiger partial charge in [-0.25, -0.2) is 0 Å². The lowest BCUT2D eigenvalue weighted by Crippen LogP contribution is -2.05. The van der Waals surface area contributed by atoms with Gasteiger partial charge in [-0.3, -0.25) is 0 Å². The SMILES string of the molecule is CCC/C=C/CCc1ccccc1OCC1CO1. The molecule has 0 aromatic heterocycles. The molecule has 1 aliphatic rings. The Morgan fingerprint density at radius 1 is 1.28 bits per heavy atom. The van der Waals surface area contributed by atoms with Crippen molar-refractivity contribution in [2.75, 3.05) is 13.2 Å². The topological polar surface area (TPSA) is 21.8 Å². The van der Waals surface area contributed by atoms with E-state index in [2.05, 4.69) is 31.2 Å². The highest BCUT2D eigenvalue weighted by Gasteiger charge is 2.23. The van der Waals surface area contributed by atoms with Crippen LogP contribution in [0, 0.1) is 0 Å². The molecule has 1 atom stereocenters. The molecule has 1 heterocycles. The summed E-state index contributed by atoms with van der Waals surface area (Å²) in [4.78, 5) is 0. The molecule has 0 saturated carbocycles. The van der Waals surface area contributed by atoms with Crippen LogP contribution in [-0.2, 0) is 11.2 Å². The number of epoxide rings is 1. The number of ether oxygens (including phenoxy) is 2. The molecule has 1 aliphatic heterocycles. The maximum absolute atomic E-state index is 5.79. The van der Waals surface area contributed by atoms with Gasteiger partial charge in [0.1, 0.15) is 18.5 Å². The van der Waals surface area contributed by atoms with E-state index in [1.165, 1.54) is 18.4 Å². The Kier molecular flexibility index (Phi) is 5.28. The minimum Gasteiger partial charge on any atom is -0.491 e. The fourth-order valence-corrected chi connectivity index (χ4v) is 1.84. The van der Waals surface area contributed by atoms with Crippen LogP contribution < -0.4 is 4.74 Å². The third-order valence-corrected chi connectivity index (χ3v) is 3.00. The third kappa shape index (κ3) is 4.53. The van der Waals surface area contributed by atoms with Crippen LogP contribution in [0.5, 0.6) is 5.75 Å². The van der Waals surface area contributed by atoms with Crippen LogP contribution in [-0.4, -0.2) is 19.3 Å². The van der Waals surface area contributed by atoms with Crippen LogP contribution >= 0.6 is 0 Å². The second-order valence-electron chi connectivity index (χ2n) is 4.67. The predicted molar refractivity (Wildman–Crippen MR) is 74.0 cm³/mol. The van der Waals surface area contributed by atoms with Crippen LogP contribution in [0.15, 0.2) is 36.4 Å². The highest BCUT2D eigenvalue weighted by molar-refractivity contribution is 5.33. The molecule has 98 valence electrons. The van der Waals surface area contributed by atoms with E-state index in [0.29, 0.717) is 12.7 Å². The van der Waals surface area contributed by atoms with E-state index in [1.807, 2.05) is 12.1 Å². The third-order valence-electron chi connectivity index (χ3n) is 3.00. The van der Waals surface area contributed by atoms with Crippen molar-refractivity contribution in [2.24, 2.45) is 0 Å². The van der Waals surface area contributed by atoms with Gasteiger partial charge < -0.3 is 9.47 Å². The van der Waals surface area contributed by atoms with Gasteiger partial charge in [-0.2, -0.15) is 0 Å². The summed E-state index contributed by atoms with van der Waals surface area (Å²) in [6.45, 7) is 3.73. The van der Waals surface area contributed by atoms with E-state index in [0.717, 1.165) is 25.2 Å². The molecule has 1 aromatic rings. The maximum Gasteiger partial charge on any atom is 0.122 e. The van der Waals surface area contributed by atoms with Gasteiger partial charge in [-0.15, -0.1) is 0 Å². The van der Waals surface area contributed by atoms with Gasteiger partial charge in [0.25, 0.3) is 0 Å². The lowest BCUT2D eigenvalue weighted by molar-refractivity contribution is 0.261. The smallest absolute Gasteiger partial charge is 0.122 e. The summed E-state index contributed by atoms with van der Waals surface area (Å²) in [6.07, 6.45) is 9.38. The molecule has 0 spiro atoms. The summed E-state index contributed by atoms with van der Waals surface area (Å²) in [5.74, 6) is 1.01. The van der Waals surface area contributed by atoms with Crippen molar-refractivity contribution in [1.29, 1.82) is 0 Å². The van der Waals surface area contributed by atoms with Crippen molar-refractivity contribution < 1.29 is 9.47 Å². The zero-order chi connectivity index (χ0) is 12.6. The van der Waals surface area contributed by atoms with Crippen LogP contribution in [0.3, 0.4) is 0 Å². The molecule has 1 fully saturated rings. The van der Waals surface area contributed by atoms with Gasteiger partial charge in [-0.05, 0) is 30.9 Å². The lowest BCUT2D eigenvalue weighted by Gasteiger charge is -2.09. The maximum atomic E-state index is 5.79. The monoisotopic (exact) mass is 246 g/mol. The van der Waals surface area contributed by atoms with Crippen LogP contribution in [0.1, 0.15) is 31.7 Å². The normalized spacial score (nSPS) is 18.2. The molecule has 0 radical (unpaired) electrons. The summed E-state index contributed by atoms with van der Waals surface area (Å²) in [7, 11) is 0. The molecule has 0 bridgehead atoms. The van der Waals surface area contributed by atoms with Crippen molar-refractivity contribution >= 4 is 0 Å². The molecular formula is C16H22O2. The highest BCUT2D eigenvalue weighted by Crippen LogP contribution is 2.21. The summed E-state index contributed by atoms with van der Waals surface area (Å²) >= 11 is 0. The van der Waals surface area contributed by atoms with Gasteiger partial charge in [-0.1, -0.05) is 43.7 Å². The molecule has 18 heavy (non-hydrogen) atoms. The number of aryl methyl sites for hydroxylation is 1. The first-order chi connectivity index (χ1) is 8.90. The van der Waals surface area contributed by atoms with Crippen LogP contribution in [0.4, 0.5) is 0 Å². The zero-order valence-electron chi connectivity index (χ0n) is 11.1. The Hall–Kier alpha value is -1.28. The average molecular weight is 246 g/mol. The van der Waals surface area contributed by atoms with E-state index in [9.17, 15) is 0 Å².